The van der Waals surface area contributed by atoms with E-state index < -0.39 is 18.2 Å². The second-order valence-electron chi connectivity index (χ2n) is 5.46. The van der Waals surface area contributed by atoms with Gasteiger partial charge in [0, 0.05) is 16.7 Å². The molecule has 122 valence electrons. The first-order valence-electron chi connectivity index (χ1n) is 7.33. The molecular formula is C18H20O5. The standard InChI is InChI=1S/C18H20O5/c1-5-10(2)18(21)23-17-14-8-13(12(4)20)6-7-15(14)22-16(17)11(3)9-19/h5-8,16-17,19H,3,9H2,1-2,4H3/t16-,17+/m1/s1. The Morgan fingerprint density at radius 3 is 2.65 bits per heavy atom. The van der Waals surface area contributed by atoms with E-state index in [9.17, 15) is 14.7 Å². The average Bonchev–Trinajstić information content (AvgIpc) is 2.90. The number of ether oxygens (including phenoxy) is 2. The quantitative estimate of drug-likeness (QED) is 0.391. The molecule has 0 fully saturated rings. The van der Waals surface area contributed by atoms with Gasteiger partial charge in [0.25, 0.3) is 0 Å². The van der Waals surface area contributed by atoms with Gasteiger partial charge >= 0.3 is 5.97 Å². The van der Waals surface area contributed by atoms with Crippen molar-refractivity contribution in [2.45, 2.75) is 33.0 Å². The summed E-state index contributed by atoms with van der Waals surface area (Å²) in [6.45, 7) is 8.35. The van der Waals surface area contributed by atoms with E-state index in [-0.39, 0.29) is 12.4 Å². The topological polar surface area (TPSA) is 72.8 Å². The molecule has 1 aromatic rings. The number of aliphatic hydroxyl groups excluding tert-OH is 1. The largest absolute Gasteiger partial charge is 0.481 e. The van der Waals surface area contributed by atoms with Crippen molar-refractivity contribution < 1.29 is 24.2 Å². The van der Waals surface area contributed by atoms with Gasteiger partial charge in [-0.25, -0.2) is 4.79 Å². The molecule has 1 heterocycles. The van der Waals surface area contributed by atoms with Gasteiger partial charge in [0.15, 0.2) is 18.0 Å². The number of ketones is 1. The fourth-order valence-electron chi connectivity index (χ4n) is 2.30. The van der Waals surface area contributed by atoms with Crippen molar-refractivity contribution >= 4 is 11.8 Å². The van der Waals surface area contributed by atoms with E-state index in [1.807, 2.05) is 0 Å². The van der Waals surface area contributed by atoms with Crippen molar-refractivity contribution in [2.24, 2.45) is 0 Å². The lowest BCUT2D eigenvalue weighted by Gasteiger charge is -2.20. The van der Waals surface area contributed by atoms with Crippen LogP contribution in [0.15, 0.2) is 42.0 Å². The molecule has 0 saturated heterocycles. The van der Waals surface area contributed by atoms with Crippen LogP contribution < -0.4 is 4.74 Å². The number of benzene rings is 1. The molecule has 5 nitrogen and oxygen atoms in total. The van der Waals surface area contributed by atoms with Crippen LogP contribution in [0.1, 0.15) is 42.8 Å². The Kier molecular flexibility index (Phi) is 5.01. The van der Waals surface area contributed by atoms with Crippen molar-refractivity contribution in [3.63, 3.8) is 0 Å². The maximum Gasteiger partial charge on any atom is 0.334 e. The van der Waals surface area contributed by atoms with Crippen LogP contribution in [0, 0.1) is 0 Å². The number of rotatable bonds is 5. The van der Waals surface area contributed by atoms with Gasteiger partial charge in [-0.1, -0.05) is 12.7 Å². The summed E-state index contributed by atoms with van der Waals surface area (Å²) in [5.74, 6) is -0.0459. The second-order valence-corrected chi connectivity index (χ2v) is 5.46. The van der Waals surface area contributed by atoms with Crippen molar-refractivity contribution in [1.82, 2.24) is 0 Å². The number of esters is 1. The molecule has 0 amide bonds. The van der Waals surface area contributed by atoms with Gasteiger partial charge in [-0.2, -0.15) is 0 Å². The second kappa shape index (κ2) is 6.79. The summed E-state index contributed by atoms with van der Waals surface area (Å²) in [6, 6.07) is 4.98. The molecule has 0 bridgehead atoms. The van der Waals surface area contributed by atoms with Crippen molar-refractivity contribution in [1.29, 1.82) is 0 Å². The molecule has 23 heavy (non-hydrogen) atoms. The highest BCUT2D eigenvalue weighted by Crippen LogP contribution is 2.42. The average molecular weight is 316 g/mol. The SMILES string of the molecule is C=C(CO)[C@H]1Oc2ccc(C(C)=O)cc2[C@@H]1OC(=O)C(C)=CC. The molecule has 2 rings (SSSR count). The van der Waals surface area contributed by atoms with Gasteiger partial charge in [-0.05, 0) is 44.5 Å². The Morgan fingerprint density at radius 1 is 1.39 bits per heavy atom. The van der Waals surface area contributed by atoms with Gasteiger partial charge in [-0.3, -0.25) is 4.79 Å². The summed E-state index contributed by atoms with van der Waals surface area (Å²) in [6.07, 6.45) is 0.234. The normalized spacial score (nSPS) is 19.7. The maximum absolute atomic E-state index is 12.1. The number of allylic oxidation sites excluding steroid dienone is 1. The Hall–Kier alpha value is -2.40. The Labute approximate surface area is 135 Å². The van der Waals surface area contributed by atoms with Gasteiger partial charge in [-0.15, -0.1) is 0 Å². The van der Waals surface area contributed by atoms with Crippen LogP contribution in [0.5, 0.6) is 5.75 Å². The summed E-state index contributed by atoms with van der Waals surface area (Å²) in [5.41, 5.74) is 1.98. The van der Waals surface area contributed by atoms with E-state index in [1.165, 1.54) is 6.92 Å². The molecule has 5 heteroatoms. The molecule has 1 aliphatic heterocycles. The summed E-state index contributed by atoms with van der Waals surface area (Å²) >= 11 is 0. The van der Waals surface area contributed by atoms with Crippen molar-refractivity contribution in [3.05, 3.63) is 53.1 Å². The van der Waals surface area contributed by atoms with Gasteiger partial charge in [0.1, 0.15) is 5.75 Å². The van der Waals surface area contributed by atoms with Crippen LogP contribution in [0.25, 0.3) is 0 Å². The molecule has 0 aromatic heterocycles. The molecule has 1 aliphatic rings. The van der Waals surface area contributed by atoms with Gasteiger partial charge in [0.2, 0.25) is 0 Å². The van der Waals surface area contributed by atoms with Crippen molar-refractivity contribution in [3.8, 4) is 5.75 Å². The van der Waals surface area contributed by atoms with Crippen LogP contribution >= 0.6 is 0 Å². The van der Waals surface area contributed by atoms with E-state index >= 15 is 0 Å². The Bertz CT molecular complexity index is 687. The first-order valence-corrected chi connectivity index (χ1v) is 7.33. The molecule has 0 unspecified atom stereocenters. The fraction of sp³-hybridized carbons (Fsp3) is 0.333. The summed E-state index contributed by atoms with van der Waals surface area (Å²) in [5, 5.41) is 9.34. The highest BCUT2D eigenvalue weighted by Gasteiger charge is 2.39. The fourth-order valence-corrected chi connectivity index (χ4v) is 2.30. The molecule has 0 spiro atoms. The number of Topliss-reactive ketones (excluding diaryl/α,β-unsaturated/α-hetero) is 1. The highest BCUT2D eigenvalue weighted by atomic mass is 16.6. The third-order valence-corrected chi connectivity index (χ3v) is 3.85. The monoisotopic (exact) mass is 316 g/mol. The lowest BCUT2D eigenvalue weighted by atomic mass is 9.99. The number of aliphatic hydroxyl groups is 1. The van der Waals surface area contributed by atoms with Crippen LogP contribution in [0.3, 0.4) is 0 Å². The molecular weight excluding hydrogens is 296 g/mol. The Balaban J connectivity index is 2.41. The third-order valence-electron chi connectivity index (χ3n) is 3.85. The number of hydrogen-bond acceptors (Lipinski definition) is 5. The molecule has 0 saturated carbocycles. The first-order chi connectivity index (χ1) is 10.9. The molecule has 0 aliphatic carbocycles. The van der Waals surface area contributed by atoms with Crippen LogP contribution in [-0.4, -0.2) is 29.6 Å². The number of carbonyl (C=O) groups excluding carboxylic acids is 2. The molecule has 2 atom stereocenters. The van der Waals surface area contributed by atoms with E-state index in [1.54, 1.807) is 38.1 Å². The number of hydrogen-bond donors (Lipinski definition) is 1. The van der Waals surface area contributed by atoms with E-state index in [4.69, 9.17) is 9.47 Å². The minimum absolute atomic E-state index is 0.0908. The first kappa shape index (κ1) is 17.0. The van der Waals surface area contributed by atoms with Crippen molar-refractivity contribution in [2.75, 3.05) is 6.61 Å². The van der Waals surface area contributed by atoms with E-state index in [2.05, 4.69) is 6.58 Å². The smallest absolute Gasteiger partial charge is 0.334 e. The zero-order chi connectivity index (χ0) is 17.1. The van der Waals surface area contributed by atoms with Gasteiger partial charge in [0.05, 0.1) is 6.61 Å². The van der Waals surface area contributed by atoms with E-state index in [0.717, 1.165) is 0 Å². The van der Waals surface area contributed by atoms with Gasteiger partial charge < -0.3 is 14.6 Å². The predicted molar refractivity (Wildman–Crippen MR) is 85.4 cm³/mol. The summed E-state index contributed by atoms with van der Waals surface area (Å²) in [4.78, 5) is 23.7. The Morgan fingerprint density at radius 2 is 2.09 bits per heavy atom. The molecule has 1 aromatic carbocycles. The minimum Gasteiger partial charge on any atom is -0.481 e. The minimum atomic E-state index is -0.744. The lowest BCUT2D eigenvalue weighted by Crippen LogP contribution is -2.27. The molecule has 0 radical (unpaired) electrons. The van der Waals surface area contributed by atoms with Crippen LogP contribution in [0.2, 0.25) is 0 Å². The molecule has 1 N–H and O–H groups in total. The highest BCUT2D eigenvalue weighted by molar-refractivity contribution is 5.94. The summed E-state index contributed by atoms with van der Waals surface area (Å²) in [7, 11) is 0. The number of fused-ring (bicyclic) bond motifs is 1. The lowest BCUT2D eigenvalue weighted by molar-refractivity contribution is -0.147. The summed E-state index contributed by atoms with van der Waals surface area (Å²) < 4.78 is 11.3. The zero-order valence-corrected chi connectivity index (χ0v) is 13.5. The van der Waals surface area contributed by atoms with Crippen LogP contribution in [0.4, 0.5) is 0 Å². The third kappa shape index (κ3) is 3.35. The maximum atomic E-state index is 12.1. The zero-order valence-electron chi connectivity index (χ0n) is 13.5. The number of carbonyl (C=O) groups is 2. The van der Waals surface area contributed by atoms with Crippen LogP contribution in [-0.2, 0) is 9.53 Å². The predicted octanol–water partition coefficient (Wildman–Crippen LogP) is 2.75. The van der Waals surface area contributed by atoms with E-state index in [0.29, 0.717) is 28.0 Å².